The second-order valence-electron chi connectivity index (χ2n) is 6.27. The van der Waals surface area contributed by atoms with Crippen LogP contribution in [0.5, 0.6) is 0 Å². The van der Waals surface area contributed by atoms with Crippen LogP contribution in [0.1, 0.15) is 42.2 Å². The monoisotopic (exact) mass is 298 g/mol. The van der Waals surface area contributed by atoms with Crippen molar-refractivity contribution in [2.75, 3.05) is 0 Å². The lowest BCUT2D eigenvalue weighted by molar-refractivity contribution is 0.163. The van der Waals surface area contributed by atoms with Gasteiger partial charge in [-0.05, 0) is 48.6 Å². The largest absolute Gasteiger partial charge is 0.411 e. The van der Waals surface area contributed by atoms with Crippen molar-refractivity contribution < 1.29 is 4.43 Å². The lowest BCUT2D eigenvalue weighted by Gasteiger charge is -2.26. The van der Waals surface area contributed by atoms with Gasteiger partial charge in [0.15, 0.2) is 9.76 Å². The number of hydrogen-bond donors (Lipinski definition) is 0. The van der Waals surface area contributed by atoms with Gasteiger partial charge in [-0.15, -0.1) is 0 Å². The van der Waals surface area contributed by atoms with Crippen LogP contribution in [0.4, 0.5) is 0 Å². The molecule has 0 aliphatic heterocycles. The van der Waals surface area contributed by atoms with Crippen LogP contribution >= 0.6 is 0 Å². The Balaban J connectivity index is 2.24. The summed E-state index contributed by atoms with van der Waals surface area (Å²) in [7, 11) is -0.687. The van der Waals surface area contributed by atoms with Gasteiger partial charge in [0.05, 0.1) is 6.10 Å². The van der Waals surface area contributed by atoms with Gasteiger partial charge < -0.3 is 4.43 Å². The minimum absolute atomic E-state index is 0.206. The van der Waals surface area contributed by atoms with Gasteiger partial charge in [-0.1, -0.05) is 61.9 Å². The van der Waals surface area contributed by atoms with Crippen molar-refractivity contribution in [2.45, 2.75) is 40.7 Å². The van der Waals surface area contributed by atoms with Crippen molar-refractivity contribution in [3.05, 3.63) is 64.7 Å². The maximum atomic E-state index is 6.42. The van der Waals surface area contributed by atoms with Gasteiger partial charge >= 0.3 is 0 Å². The van der Waals surface area contributed by atoms with Crippen LogP contribution in [-0.4, -0.2) is 9.76 Å². The summed E-state index contributed by atoms with van der Waals surface area (Å²) in [6, 6.07) is 15.1. The van der Waals surface area contributed by atoms with Crippen LogP contribution in [0, 0.1) is 26.7 Å². The van der Waals surface area contributed by atoms with Crippen molar-refractivity contribution in [3.63, 3.8) is 0 Å². The van der Waals surface area contributed by atoms with E-state index in [9.17, 15) is 0 Å². The molecule has 2 aromatic rings. The highest BCUT2D eigenvalue weighted by Crippen LogP contribution is 2.31. The smallest absolute Gasteiger partial charge is 0.193 e. The third-order valence-electron chi connectivity index (χ3n) is 3.90. The van der Waals surface area contributed by atoms with Gasteiger partial charge in [-0.3, -0.25) is 0 Å². The van der Waals surface area contributed by atoms with E-state index in [1.165, 1.54) is 27.4 Å². The zero-order valence-electron chi connectivity index (χ0n) is 13.8. The van der Waals surface area contributed by atoms with E-state index in [0.29, 0.717) is 5.92 Å². The summed E-state index contributed by atoms with van der Waals surface area (Å²) in [5.74, 6) is 0.487. The molecule has 0 N–H and O–H groups in total. The predicted molar refractivity (Wildman–Crippen MR) is 93.9 cm³/mol. The van der Waals surface area contributed by atoms with Crippen molar-refractivity contribution in [2.24, 2.45) is 5.92 Å². The number of hydrogen-bond acceptors (Lipinski definition) is 1. The van der Waals surface area contributed by atoms with E-state index in [2.05, 4.69) is 77.1 Å². The van der Waals surface area contributed by atoms with Gasteiger partial charge in [0.1, 0.15) is 0 Å². The van der Waals surface area contributed by atoms with Crippen molar-refractivity contribution in [1.29, 1.82) is 0 Å². The Morgan fingerprint density at radius 2 is 1.48 bits per heavy atom. The van der Waals surface area contributed by atoms with E-state index >= 15 is 0 Å². The molecule has 1 unspecified atom stereocenters. The number of benzene rings is 2. The Labute approximate surface area is 131 Å². The molecule has 2 heteroatoms. The maximum Gasteiger partial charge on any atom is 0.193 e. The molecule has 0 aliphatic rings. The summed E-state index contributed by atoms with van der Waals surface area (Å²) in [6.45, 7) is 11.1. The molecule has 2 aromatic carbocycles. The average molecular weight is 299 g/mol. The molecule has 0 amide bonds. The highest BCUT2D eigenvalue weighted by Gasteiger charge is 2.20. The van der Waals surface area contributed by atoms with Crippen LogP contribution in [0.15, 0.2) is 42.5 Å². The minimum atomic E-state index is -0.687. The molecular weight excluding hydrogens is 272 g/mol. The fourth-order valence-electron chi connectivity index (χ4n) is 3.01. The molecule has 0 bridgehead atoms. The van der Waals surface area contributed by atoms with E-state index in [-0.39, 0.29) is 6.10 Å². The summed E-state index contributed by atoms with van der Waals surface area (Å²) in [5.41, 5.74) is 5.43. The molecule has 112 valence electrons. The van der Waals surface area contributed by atoms with Crippen LogP contribution in [0.2, 0.25) is 0 Å². The number of aryl methyl sites for hydroxylation is 3. The quantitative estimate of drug-likeness (QED) is 0.764. The Morgan fingerprint density at radius 3 is 2.00 bits per heavy atom. The first-order valence-electron chi connectivity index (χ1n) is 7.72. The van der Waals surface area contributed by atoms with Crippen LogP contribution in [-0.2, 0) is 4.43 Å². The van der Waals surface area contributed by atoms with Gasteiger partial charge in [0, 0.05) is 0 Å². The van der Waals surface area contributed by atoms with E-state index in [1.54, 1.807) is 0 Å². The maximum absolute atomic E-state index is 6.42. The van der Waals surface area contributed by atoms with E-state index in [0.717, 1.165) is 0 Å². The third kappa shape index (κ3) is 4.05. The molecule has 21 heavy (non-hydrogen) atoms. The molecule has 2 rings (SSSR count). The molecule has 0 saturated carbocycles. The summed E-state index contributed by atoms with van der Waals surface area (Å²) < 4.78 is 6.42. The Hall–Kier alpha value is -1.38. The topological polar surface area (TPSA) is 9.23 Å². The van der Waals surface area contributed by atoms with Crippen molar-refractivity contribution >= 4 is 14.9 Å². The molecule has 1 atom stereocenters. The summed E-state index contributed by atoms with van der Waals surface area (Å²) in [6.07, 6.45) is 0.206. The van der Waals surface area contributed by atoms with Crippen molar-refractivity contribution in [3.8, 4) is 0 Å². The molecule has 1 nitrogen and oxygen atoms in total. The molecule has 0 aliphatic carbocycles. The zero-order valence-corrected chi connectivity index (χ0v) is 15.2. The second-order valence-corrected chi connectivity index (χ2v) is 7.71. The van der Waals surface area contributed by atoms with E-state index < -0.39 is 9.76 Å². The SMILES string of the molecule is Cc1cc(C)c(C(O[SiH2]c2ccccc2)C(C)C)c(C)c1. The predicted octanol–water partition coefficient (Wildman–Crippen LogP) is 3.73. The normalized spacial score (nSPS) is 13.2. The van der Waals surface area contributed by atoms with E-state index in [1.807, 2.05) is 0 Å². The molecule has 0 heterocycles. The summed E-state index contributed by atoms with van der Waals surface area (Å²) >= 11 is 0. The molecular formula is C19H26OSi. The van der Waals surface area contributed by atoms with Crippen LogP contribution in [0.3, 0.4) is 0 Å². The van der Waals surface area contributed by atoms with Gasteiger partial charge in [0.2, 0.25) is 0 Å². The highest BCUT2D eigenvalue weighted by atomic mass is 28.2. The summed E-state index contributed by atoms with van der Waals surface area (Å²) in [4.78, 5) is 0. The lowest BCUT2D eigenvalue weighted by Crippen LogP contribution is -2.23. The molecule has 0 spiro atoms. The van der Waals surface area contributed by atoms with Gasteiger partial charge in [-0.2, -0.15) is 0 Å². The first kappa shape index (κ1) is 16.0. The molecule has 0 fully saturated rings. The van der Waals surface area contributed by atoms with E-state index in [4.69, 9.17) is 4.43 Å². The Bertz CT molecular complexity index is 567. The van der Waals surface area contributed by atoms with Gasteiger partial charge in [-0.25, -0.2) is 0 Å². The Kier molecular flexibility index (Phi) is 5.37. The zero-order chi connectivity index (χ0) is 15.4. The Morgan fingerprint density at radius 1 is 0.905 bits per heavy atom. The fraction of sp³-hybridized carbons (Fsp3) is 0.368. The molecule has 0 saturated heterocycles. The minimum Gasteiger partial charge on any atom is -0.411 e. The summed E-state index contributed by atoms with van der Waals surface area (Å²) in [5, 5.41) is 1.37. The van der Waals surface area contributed by atoms with Crippen molar-refractivity contribution in [1.82, 2.24) is 0 Å². The average Bonchev–Trinajstić information content (AvgIpc) is 2.42. The second kappa shape index (κ2) is 7.06. The number of rotatable bonds is 5. The first-order chi connectivity index (χ1) is 9.99. The highest BCUT2D eigenvalue weighted by molar-refractivity contribution is 6.46. The molecule has 0 aromatic heterocycles. The van der Waals surface area contributed by atoms with Crippen LogP contribution in [0.25, 0.3) is 0 Å². The molecule has 0 radical (unpaired) electrons. The van der Waals surface area contributed by atoms with Gasteiger partial charge in [0.25, 0.3) is 0 Å². The first-order valence-corrected chi connectivity index (χ1v) is 9.00. The van der Waals surface area contributed by atoms with Crippen LogP contribution < -0.4 is 5.19 Å². The fourth-order valence-corrected chi connectivity index (χ4v) is 4.40. The standard InChI is InChI=1S/C19H26OSi/c1-13(2)19(20-21-17-9-7-6-8-10-17)18-15(4)11-14(3)12-16(18)5/h6-13,19H,21H2,1-5H3. The third-order valence-corrected chi connectivity index (χ3v) is 5.23. The lowest BCUT2D eigenvalue weighted by atomic mass is 9.90.